The van der Waals surface area contributed by atoms with Crippen molar-refractivity contribution in [1.82, 2.24) is 5.32 Å². The van der Waals surface area contributed by atoms with Gasteiger partial charge in [-0.15, -0.1) is 0 Å². The van der Waals surface area contributed by atoms with Gasteiger partial charge in [-0.1, -0.05) is 12.8 Å². The maximum atomic E-state index is 12.2. The maximum Gasteiger partial charge on any atom is 0.307 e. The Bertz CT molecular complexity index is 440. The summed E-state index contributed by atoms with van der Waals surface area (Å²) in [5.41, 5.74) is 0. The third kappa shape index (κ3) is 3.16. The summed E-state index contributed by atoms with van der Waals surface area (Å²) in [6.45, 7) is 1.83. The molecule has 0 aliphatic heterocycles. The number of amides is 1. The molecule has 1 aliphatic rings. The molecule has 3 atom stereocenters. The lowest BCUT2D eigenvalue weighted by Gasteiger charge is -2.28. The zero-order chi connectivity index (χ0) is 13.8. The topological polar surface area (TPSA) is 79.5 Å². The first-order chi connectivity index (χ1) is 9.09. The Morgan fingerprint density at radius 1 is 1.37 bits per heavy atom. The number of aliphatic carboxylic acids is 1. The van der Waals surface area contributed by atoms with Crippen LogP contribution in [0.2, 0.25) is 0 Å². The molecule has 0 aromatic carbocycles. The van der Waals surface area contributed by atoms with E-state index in [-0.39, 0.29) is 11.9 Å². The van der Waals surface area contributed by atoms with Gasteiger partial charge in [0.25, 0.3) is 0 Å². The fraction of sp³-hybridized carbons (Fsp3) is 0.571. The van der Waals surface area contributed by atoms with E-state index >= 15 is 0 Å². The van der Waals surface area contributed by atoms with Crippen molar-refractivity contribution >= 4 is 11.9 Å². The minimum absolute atomic E-state index is 0.184. The monoisotopic (exact) mass is 265 g/mol. The predicted molar refractivity (Wildman–Crippen MR) is 68.3 cm³/mol. The zero-order valence-electron chi connectivity index (χ0n) is 11.0. The third-order valence-corrected chi connectivity index (χ3v) is 3.75. The maximum absolute atomic E-state index is 12.2. The molecule has 1 saturated carbocycles. The van der Waals surface area contributed by atoms with E-state index in [9.17, 15) is 14.7 Å². The number of carboxylic acids is 1. The van der Waals surface area contributed by atoms with E-state index in [4.69, 9.17) is 4.42 Å². The average Bonchev–Trinajstić information content (AvgIpc) is 2.92. The summed E-state index contributed by atoms with van der Waals surface area (Å²) in [5, 5.41) is 12.0. The van der Waals surface area contributed by atoms with Crippen LogP contribution in [0.5, 0.6) is 0 Å². The van der Waals surface area contributed by atoms with E-state index in [2.05, 4.69) is 5.32 Å². The van der Waals surface area contributed by atoms with E-state index in [1.54, 1.807) is 18.4 Å². The van der Waals surface area contributed by atoms with Crippen LogP contribution in [0.15, 0.2) is 22.8 Å². The molecular formula is C14H19NO4. The van der Waals surface area contributed by atoms with Crippen LogP contribution >= 0.6 is 0 Å². The highest BCUT2D eigenvalue weighted by molar-refractivity contribution is 5.85. The highest BCUT2D eigenvalue weighted by atomic mass is 16.4. The Morgan fingerprint density at radius 2 is 2.05 bits per heavy atom. The van der Waals surface area contributed by atoms with Crippen LogP contribution in [0.3, 0.4) is 0 Å². The summed E-state index contributed by atoms with van der Waals surface area (Å²) in [5.74, 6) is -1.36. The zero-order valence-corrected chi connectivity index (χ0v) is 11.0. The van der Waals surface area contributed by atoms with Gasteiger partial charge >= 0.3 is 5.97 Å². The van der Waals surface area contributed by atoms with Crippen molar-refractivity contribution < 1.29 is 19.1 Å². The standard InChI is InChI=1S/C14H19NO4/c1-9(12-7-4-8-19-12)15-13(16)10-5-2-3-6-11(10)14(17)18/h4,7-11H,2-3,5-6H2,1H3,(H,15,16)(H,17,18)/t9-,10+,11-/m0/s1. The molecule has 1 aromatic heterocycles. The molecule has 2 rings (SSSR count). The summed E-state index contributed by atoms with van der Waals surface area (Å²) < 4.78 is 5.23. The number of hydrogen-bond donors (Lipinski definition) is 2. The van der Waals surface area contributed by atoms with Crippen molar-refractivity contribution in [2.24, 2.45) is 11.8 Å². The van der Waals surface area contributed by atoms with E-state index in [1.165, 1.54) is 0 Å². The van der Waals surface area contributed by atoms with Crippen LogP contribution in [0.4, 0.5) is 0 Å². The fourth-order valence-electron chi connectivity index (χ4n) is 2.67. The SMILES string of the molecule is C[C@H](NC(=O)[C@@H]1CCCC[C@@H]1C(=O)O)c1ccco1. The highest BCUT2D eigenvalue weighted by Gasteiger charge is 2.36. The predicted octanol–water partition coefficient (Wildman–Crippen LogP) is 2.35. The number of rotatable bonds is 4. The van der Waals surface area contributed by atoms with Crippen molar-refractivity contribution in [3.8, 4) is 0 Å². The minimum atomic E-state index is -0.870. The first-order valence-electron chi connectivity index (χ1n) is 6.66. The van der Waals surface area contributed by atoms with E-state index < -0.39 is 17.8 Å². The molecule has 1 amide bonds. The lowest BCUT2D eigenvalue weighted by atomic mass is 9.78. The van der Waals surface area contributed by atoms with E-state index in [0.717, 1.165) is 12.8 Å². The van der Waals surface area contributed by atoms with E-state index in [0.29, 0.717) is 18.6 Å². The molecule has 1 heterocycles. The van der Waals surface area contributed by atoms with Crippen LogP contribution in [-0.4, -0.2) is 17.0 Å². The van der Waals surface area contributed by atoms with Crippen LogP contribution in [0.25, 0.3) is 0 Å². The molecule has 104 valence electrons. The molecule has 0 radical (unpaired) electrons. The van der Waals surface area contributed by atoms with Gasteiger partial charge in [0.2, 0.25) is 5.91 Å². The van der Waals surface area contributed by atoms with Gasteiger partial charge in [0.05, 0.1) is 24.1 Å². The Labute approximate surface area is 112 Å². The normalized spacial score (nSPS) is 24.7. The molecule has 5 heteroatoms. The van der Waals surface area contributed by atoms with Crippen molar-refractivity contribution in [1.29, 1.82) is 0 Å². The van der Waals surface area contributed by atoms with Gasteiger partial charge in [0.15, 0.2) is 0 Å². The highest BCUT2D eigenvalue weighted by Crippen LogP contribution is 2.31. The van der Waals surface area contributed by atoms with Crippen molar-refractivity contribution in [3.05, 3.63) is 24.2 Å². The van der Waals surface area contributed by atoms with Gasteiger partial charge in [0.1, 0.15) is 5.76 Å². The third-order valence-electron chi connectivity index (χ3n) is 3.75. The van der Waals surface area contributed by atoms with Gasteiger partial charge in [-0.3, -0.25) is 9.59 Å². The molecule has 19 heavy (non-hydrogen) atoms. The van der Waals surface area contributed by atoms with Crippen molar-refractivity contribution in [2.75, 3.05) is 0 Å². The van der Waals surface area contributed by atoms with Gasteiger partial charge in [0, 0.05) is 0 Å². The number of hydrogen-bond acceptors (Lipinski definition) is 3. The summed E-state index contributed by atoms with van der Waals surface area (Å²) in [7, 11) is 0. The van der Waals surface area contributed by atoms with Crippen LogP contribution < -0.4 is 5.32 Å². The molecule has 0 bridgehead atoms. The molecule has 1 aromatic rings. The molecule has 1 fully saturated rings. The summed E-state index contributed by atoms with van der Waals surface area (Å²) in [6, 6.07) is 3.32. The number of carboxylic acid groups (broad SMARTS) is 1. The van der Waals surface area contributed by atoms with Crippen LogP contribution in [0.1, 0.15) is 44.4 Å². The molecular weight excluding hydrogens is 246 g/mol. The first kappa shape index (κ1) is 13.6. The average molecular weight is 265 g/mol. The number of carbonyl (C=O) groups is 2. The quantitative estimate of drug-likeness (QED) is 0.875. The number of furan rings is 1. The Morgan fingerprint density at radius 3 is 2.63 bits per heavy atom. The molecule has 0 spiro atoms. The van der Waals surface area contributed by atoms with Gasteiger partial charge in [-0.2, -0.15) is 0 Å². The Hall–Kier alpha value is -1.78. The summed E-state index contributed by atoms with van der Waals surface area (Å²) >= 11 is 0. The second-order valence-electron chi connectivity index (χ2n) is 5.08. The van der Waals surface area contributed by atoms with Gasteiger partial charge in [-0.25, -0.2) is 0 Å². The molecule has 0 unspecified atom stereocenters. The number of carbonyl (C=O) groups excluding carboxylic acids is 1. The largest absolute Gasteiger partial charge is 0.481 e. The summed E-state index contributed by atoms with van der Waals surface area (Å²) in [6.07, 6.45) is 4.58. The lowest BCUT2D eigenvalue weighted by Crippen LogP contribution is -2.40. The molecule has 0 saturated heterocycles. The lowest BCUT2D eigenvalue weighted by molar-refractivity contribution is -0.149. The fourth-order valence-corrected chi connectivity index (χ4v) is 2.67. The Balaban J connectivity index is 2.00. The van der Waals surface area contributed by atoms with Gasteiger partial charge in [-0.05, 0) is 31.9 Å². The summed E-state index contributed by atoms with van der Waals surface area (Å²) in [4.78, 5) is 23.4. The molecule has 1 aliphatic carbocycles. The molecule has 2 N–H and O–H groups in total. The minimum Gasteiger partial charge on any atom is -0.481 e. The first-order valence-corrected chi connectivity index (χ1v) is 6.66. The molecule has 5 nitrogen and oxygen atoms in total. The van der Waals surface area contributed by atoms with E-state index in [1.807, 2.05) is 6.92 Å². The Kier molecular flexibility index (Phi) is 4.24. The smallest absolute Gasteiger partial charge is 0.307 e. The van der Waals surface area contributed by atoms with Crippen LogP contribution in [-0.2, 0) is 9.59 Å². The second kappa shape index (κ2) is 5.91. The van der Waals surface area contributed by atoms with Crippen molar-refractivity contribution in [2.45, 2.75) is 38.6 Å². The second-order valence-corrected chi connectivity index (χ2v) is 5.08. The van der Waals surface area contributed by atoms with Crippen LogP contribution in [0, 0.1) is 11.8 Å². The number of nitrogens with one attached hydrogen (secondary N) is 1. The van der Waals surface area contributed by atoms with Gasteiger partial charge < -0.3 is 14.8 Å². The van der Waals surface area contributed by atoms with Crippen molar-refractivity contribution in [3.63, 3.8) is 0 Å².